The Balaban J connectivity index is 3.48. The van der Waals surface area contributed by atoms with Crippen molar-refractivity contribution in [3.8, 4) is 0 Å². The summed E-state index contributed by atoms with van der Waals surface area (Å²) in [6.07, 6.45) is 0.750. The van der Waals surface area contributed by atoms with Crippen LogP contribution in [0.15, 0.2) is 5.03 Å². The summed E-state index contributed by atoms with van der Waals surface area (Å²) >= 11 is 5.86. The summed E-state index contributed by atoms with van der Waals surface area (Å²) in [6, 6.07) is -0.0514. The first-order valence-electron chi connectivity index (χ1n) is 4.56. The molecule has 0 aliphatic rings. The van der Waals surface area contributed by atoms with E-state index in [1.165, 1.54) is 4.68 Å². The molecular weight excluding hydrogens is 238 g/mol. The minimum absolute atomic E-state index is 0.0514. The van der Waals surface area contributed by atoms with Gasteiger partial charge in [0, 0.05) is 0 Å². The molecule has 86 valence electrons. The van der Waals surface area contributed by atoms with Crippen LogP contribution in [-0.4, -0.2) is 18.2 Å². The van der Waals surface area contributed by atoms with Gasteiger partial charge in [0.05, 0.1) is 11.7 Å². The lowest BCUT2D eigenvalue weighted by Crippen LogP contribution is -2.20. The molecule has 0 bridgehead atoms. The monoisotopic (exact) mass is 251 g/mol. The number of rotatable bonds is 3. The Labute approximate surface area is 94.3 Å². The number of halogens is 1. The van der Waals surface area contributed by atoms with E-state index in [2.05, 4.69) is 5.10 Å². The number of sulfonamides is 1. The minimum Gasteiger partial charge on any atom is -0.249 e. The zero-order chi connectivity index (χ0) is 11.8. The van der Waals surface area contributed by atoms with Gasteiger partial charge in [-0.1, -0.05) is 18.5 Å². The van der Waals surface area contributed by atoms with Gasteiger partial charge in [-0.25, -0.2) is 18.2 Å². The van der Waals surface area contributed by atoms with Crippen LogP contribution in [0.1, 0.15) is 32.0 Å². The van der Waals surface area contributed by atoms with Crippen molar-refractivity contribution >= 4 is 21.6 Å². The van der Waals surface area contributed by atoms with E-state index < -0.39 is 10.0 Å². The maximum atomic E-state index is 11.3. The Morgan fingerprint density at radius 1 is 1.60 bits per heavy atom. The summed E-state index contributed by atoms with van der Waals surface area (Å²) < 4.78 is 24.0. The molecule has 0 aliphatic carbocycles. The molecule has 0 aromatic carbocycles. The van der Waals surface area contributed by atoms with Crippen LogP contribution in [0.5, 0.6) is 0 Å². The highest BCUT2D eigenvalue weighted by Crippen LogP contribution is 2.27. The molecule has 7 heteroatoms. The van der Waals surface area contributed by atoms with Crippen molar-refractivity contribution < 1.29 is 8.42 Å². The molecule has 0 saturated heterocycles. The Morgan fingerprint density at radius 2 is 2.13 bits per heavy atom. The summed E-state index contributed by atoms with van der Waals surface area (Å²) in [7, 11) is -3.83. The molecule has 1 unspecified atom stereocenters. The lowest BCUT2D eigenvalue weighted by molar-refractivity contribution is 0.435. The lowest BCUT2D eigenvalue weighted by Gasteiger charge is -2.12. The summed E-state index contributed by atoms with van der Waals surface area (Å²) in [6.45, 7) is 5.44. The fourth-order valence-electron chi connectivity index (χ4n) is 1.23. The van der Waals surface area contributed by atoms with Crippen molar-refractivity contribution in [1.29, 1.82) is 0 Å². The third kappa shape index (κ3) is 2.32. The molecule has 1 aromatic heterocycles. The van der Waals surface area contributed by atoms with Crippen LogP contribution in [-0.2, 0) is 10.0 Å². The number of nitrogens with zero attached hydrogens (tertiary/aromatic N) is 2. The Hall–Kier alpha value is -0.590. The Kier molecular flexibility index (Phi) is 3.42. The normalized spacial score (nSPS) is 14.2. The zero-order valence-electron chi connectivity index (χ0n) is 8.86. The van der Waals surface area contributed by atoms with Crippen molar-refractivity contribution in [3.63, 3.8) is 0 Å². The first-order valence-corrected chi connectivity index (χ1v) is 6.48. The van der Waals surface area contributed by atoms with Gasteiger partial charge >= 0.3 is 0 Å². The van der Waals surface area contributed by atoms with E-state index in [-0.39, 0.29) is 16.1 Å². The highest BCUT2D eigenvalue weighted by atomic mass is 35.5. The van der Waals surface area contributed by atoms with Gasteiger partial charge in [0.25, 0.3) is 10.0 Å². The van der Waals surface area contributed by atoms with Crippen molar-refractivity contribution in [2.45, 2.75) is 38.3 Å². The molecule has 0 amide bonds. The number of primary sulfonamides is 1. The standard InChI is InChI=1S/C8H14ClN3O2S/c1-4-5(2)12-8(15(10,13)14)7(9)6(3)11-12/h5H,4H2,1-3H3,(H2,10,13,14). The SMILES string of the molecule is CCC(C)n1nc(C)c(Cl)c1S(N)(=O)=O. The van der Waals surface area contributed by atoms with Crippen molar-refractivity contribution in [2.75, 3.05) is 0 Å². The first-order chi connectivity index (χ1) is 6.79. The maximum absolute atomic E-state index is 11.3. The fraction of sp³-hybridized carbons (Fsp3) is 0.625. The highest BCUT2D eigenvalue weighted by molar-refractivity contribution is 7.89. The number of hydrogen-bond donors (Lipinski definition) is 1. The van der Waals surface area contributed by atoms with Gasteiger partial charge in [0.15, 0.2) is 5.03 Å². The van der Waals surface area contributed by atoms with Crippen molar-refractivity contribution in [2.24, 2.45) is 5.14 Å². The number of aryl methyl sites for hydroxylation is 1. The molecule has 1 aromatic rings. The second-order valence-corrected chi connectivity index (χ2v) is 5.31. The molecule has 15 heavy (non-hydrogen) atoms. The molecule has 2 N–H and O–H groups in total. The highest BCUT2D eigenvalue weighted by Gasteiger charge is 2.24. The molecule has 1 atom stereocenters. The maximum Gasteiger partial charge on any atom is 0.256 e. The van der Waals surface area contributed by atoms with Crippen LogP contribution >= 0.6 is 11.6 Å². The van der Waals surface area contributed by atoms with Gasteiger partial charge in [0.1, 0.15) is 5.02 Å². The topological polar surface area (TPSA) is 78.0 Å². The molecule has 0 aliphatic heterocycles. The summed E-state index contributed by atoms with van der Waals surface area (Å²) in [5.74, 6) is 0. The molecular formula is C8H14ClN3O2S. The smallest absolute Gasteiger partial charge is 0.249 e. The van der Waals surface area contributed by atoms with Crippen LogP contribution in [0.4, 0.5) is 0 Å². The van der Waals surface area contributed by atoms with Crippen molar-refractivity contribution in [1.82, 2.24) is 9.78 Å². The zero-order valence-corrected chi connectivity index (χ0v) is 10.4. The van der Waals surface area contributed by atoms with Gasteiger partial charge in [0.2, 0.25) is 0 Å². The molecule has 1 heterocycles. The van der Waals surface area contributed by atoms with Crippen molar-refractivity contribution in [3.05, 3.63) is 10.7 Å². The summed E-state index contributed by atoms with van der Waals surface area (Å²) in [4.78, 5) is 0. The molecule has 0 radical (unpaired) electrons. The van der Waals surface area contributed by atoms with Crippen LogP contribution in [0.25, 0.3) is 0 Å². The number of aromatic nitrogens is 2. The third-order valence-corrected chi connectivity index (χ3v) is 3.74. The Bertz CT molecular complexity index is 466. The third-order valence-electron chi connectivity index (χ3n) is 2.25. The molecule has 5 nitrogen and oxygen atoms in total. The van der Waals surface area contributed by atoms with Crippen LogP contribution < -0.4 is 5.14 Å². The predicted molar refractivity (Wildman–Crippen MR) is 58.3 cm³/mol. The molecule has 0 spiro atoms. The minimum atomic E-state index is -3.83. The molecule has 1 rings (SSSR count). The lowest BCUT2D eigenvalue weighted by atomic mass is 10.3. The summed E-state index contributed by atoms with van der Waals surface area (Å²) in [5, 5.41) is 9.17. The average molecular weight is 252 g/mol. The van der Waals surface area contributed by atoms with Crippen LogP contribution in [0.2, 0.25) is 5.02 Å². The van der Waals surface area contributed by atoms with Crippen LogP contribution in [0, 0.1) is 6.92 Å². The summed E-state index contributed by atoms with van der Waals surface area (Å²) in [5.41, 5.74) is 0.473. The second-order valence-electron chi connectivity index (χ2n) is 3.45. The number of hydrogen-bond acceptors (Lipinski definition) is 3. The van der Waals surface area contributed by atoms with Gasteiger partial charge in [-0.3, -0.25) is 0 Å². The van der Waals surface area contributed by atoms with E-state index >= 15 is 0 Å². The predicted octanol–water partition coefficient (Wildman–Crippen LogP) is 1.46. The van der Waals surface area contributed by atoms with E-state index in [1.54, 1.807) is 6.92 Å². The molecule has 0 fully saturated rings. The fourth-order valence-corrected chi connectivity index (χ4v) is 2.56. The van der Waals surface area contributed by atoms with E-state index in [0.29, 0.717) is 5.69 Å². The van der Waals surface area contributed by atoms with Gasteiger partial charge in [-0.05, 0) is 20.3 Å². The average Bonchev–Trinajstić information content (AvgIpc) is 2.41. The number of nitrogens with two attached hydrogens (primary N) is 1. The Morgan fingerprint density at radius 3 is 2.53 bits per heavy atom. The van der Waals surface area contributed by atoms with Gasteiger partial charge < -0.3 is 0 Å². The molecule has 0 saturated carbocycles. The van der Waals surface area contributed by atoms with E-state index in [4.69, 9.17) is 16.7 Å². The van der Waals surface area contributed by atoms with E-state index in [1.807, 2.05) is 13.8 Å². The quantitative estimate of drug-likeness (QED) is 0.884. The van der Waals surface area contributed by atoms with Crippen LogP contribution in [0.3, 0.4) is 0 Å². The van der Waals surface area contributed by atoms with Gasteiger partial charge in [-0.15, -0.1) is 0 Å². The van der Waals surface area contributed by atoms with E-state index in [0.717, 1.165) is 6.42 Å². The largest absolute Gasteiger partial charge is 0.256 e. The van der Waals surface area contributed by atoms with Gasteiger partial charge in [-0.2, -0.15) is 5.10 Å². The first kappa shape index (κ1) is 12.5. The van der Waals surface area contributed by atoms with E-state index in [9.17, 15) is 8.42 Å². The second kappa shape index (κ2) is 4.11.